The molecule has 0 fully saturated rings. The Balaban J connectivity index is 1.95. The van der Waals surface area contributed by atoms with E-state index < -0.39 is 0 Å². The Morgan fingerprint density at radius 2 is 1.68 bits per heavy atom. The third kappa shape index (κ3) is 5.98. The Kier molecular flexibility index (Phi) is 7.13. The van der Waals surface area contributed by atoms with Crippen LogP contribution >= 0.6 is 11.8 Å². The summed E-state index contributed by atoms with van der Waals surface area (Å²) in [7, 11) is 0. The molecule has 1 N–H and O–H groups in total. The van der Waals surface area contributed by atoms with Crippen molar-refractivity contribution in [1.29, 1.82) is 0 Å². The maximum atomic E-state index is 12.1. The van der Waals surface area contributed by atoms with Crippen molar-refractivity contribution >= 4 is 23.4 Å². The number of benzene rings is 1. The van der Waals surface area contributed by atoms with Crippen molar-refractivity contribution in [1.82, 2.24) is 15.4 Å². The van der Waals surface area contributed by atoms with E-state index in [1.165, 1.54) is 0 Å². The van der Waals surface area contributed by atoms with Gasteiger partial charge in [0.25, 0.3) is 5.91 Å². The van der Waals surface area contributed by atoms with E-state index in [9.17, 15) is 4.79 Å². The van der Waals surface area contributed by atoms with Gasteiger partial charge in [-0.05, 0) is 50.5 Å². The lowest BCUT2D eigenvalue weighted by Gasteiger charge is -2.05. The lowest BCUT2D eigenvalue weighted by Crippen LogP contribution is -2.19. The summed E-state index contributed by atoms with van der Waals surface area (Å²) in [5, 5.41) is 4.93. The van der Waals surface area contributed by atoms with Crippen LogP contribution in [0.5, 0.6) is 0 Å². The molecule has 0 radical (unpaired) electrons. The zero-order valence-electron chi connectivity index (χ0n) is 15.2. The van der Waals surface area contributed by atoms with Gasteiger partial charge in [-0.3, -0.25) is 4.79 Å². The molecule has 132 valence electrons. The Bertz CT molecular complexity index is 730. The van der Waals surface area contributed by atoms with Crippen molar-refractivity contribution in [3.05, 3.63) is 52.8 Å². The molecule has 0 aliphatic carbocycles. The number of hydrogen-bond donors (Lipinski definition) is 1. The van der Waals surface area contributed by atoms with E-state index in [0.717, 1.165) is 46.4 Å². The maximum absolute atomic E-state index is 12.1. The van der Waals surface area contributed by atoms with Crippen molar-refractivity contribution < 1.29 is 4.79 Å². The molecule has 0 saturated carbocycles. The summed E-state index contributed by atoms with van der Waals surface area (Å²) in [5.41, 5.74) is 7.27. The molecule has 6 heteroatoms. The van der Waals surface area contributed by atoms with E-state index in [1.807, 2.05) is 58.0 Å². The third-order valence-electron chi connectivity index (χ3n) is 3.68. The first-order chi connectivity index (χ1) is 12.0. The second-order valence-corrected chi connectivity index (χ2v) is 6.69. The molecule has 0 aliphatic rings. The summed E-state index contributed by atoms with van der Waals surface area (Å²) in [6, 6.07) is 9.51. The smallest absolute Gasteiger partial charge is 0.267 e. The zero-order valence-corrected chi connectivity index (χ0v) is 16.0. The molecule has 0 unspecified atom stereocenters. The van der Waals surface area contributed by atoms with Crippen LogP contribution in [0.2, 0.25) is 0 Å². The van der Waals surface area contributed by atoms with Gasteiger partial charge in [0.15, 0.2) is 5.16 Å². The number of aromatic nitrogens is 2. The van der Waals surface area contributed by atoms with Crippen molar-refractivity contribution in [2.75, 3.05) is 0 Å². The minimum atomic E-state index is -0.184. The molecule has 1 heterocycles. The molecular weight excluding hydrogens is 332 g/mol. The number of carbonyl (C=O) groups excluding carboxylic acids is 1. The average molecular weight is 356 g/mol. The molecule has 25 heavy (non-hydrogen) atoms. The summed E-state index contributed by atoms with van der Waals surface area (Å²) in [5.74, 6) is 0.579. The lowest BCUT2D eigenvalue weighted by atomic mass is 10.1. The summed E-state index contributed by atoms with van der Waals surface area (Å²) in [6.07, 6.45) is 1.68. The van der Waals surface area contributed by atoms with Gasteiger partial charge in [0, 0.05) is 28.4 Å². The highest BCUT2D eigenvalue weighted by Crippen LogP contribution is 2.20. The normalized spacial score (nSPS) is 10.4. The Morgan fingerprint density at radius 1 is 1.08 bits per heavy atom. The number of carbonyl (C=O) groups is 1. The number of rotatable bonds is 7. The van der Waals surface area contributed by atoms with Crippen LogP contribution in [-0.4, -0.2) is 21.6 Å². The molecule has 2 rings (SSSR count). The molecular formula is C19H24N4OS. The molecule has 0 aliphatic heterocycles. The van der Waals surface area contributed by atoms with Gasteiger partial charge in [-0.2, -0.15) is 5.10 Å². The van der Waals surface area contributed by atoms with Crippen LogP contribution in [0.3, 0.4) is 0 Å². The second kappa shape index (κ2) is 9.32. The lowest BCUT2D eigenvalue weighted by molar-refractivity contribution is 0.0954. The van der Waals surface area contributed by atoms with Crippen LogP contribution in [0, 0.1) is 13.8 Å². The van der Waals surface area contributed by atoms with Crippen LogP contribution in [0.4, 0.5) is 0 Å². The molecule has 1 amide bonds. The molecule has 0 atom stereocenters. The highest BCUT2D eigenvalue weighted by atomic mass is 32.2. The predicted octanol–water partition coefficient (Wildman–Crippen LogP) is 4.29. The minimum absolute atomic E-state index is 0.184. The number of aryl methyl sites for hydroxylation is 2. The van der Waals surface area contributed by atoms with Gasteiger partial charge >= 0.3 is 0 Å². The first-order valence-corrected chi connectivity index (χ1v) is 9.40. The van der Waals surface area contributed by atoms with Crippen molar-refractivity contribution in [3.63, 3.8) is 0 Å². The molecule has 0 bridgehead atoms. The Hall–Kier alpha value is -2.21. The minimum Gasteiger partial charge on any atom is -0.267 e. The Morgan fingerprint density at radius 3 is 2.24 bits per heavy atom. The standard InChI is InChI=1S/C19H24N4OS/c1-5-17(6-2)22-23-18(24)16-9-7-15(8-10-16)12-25-19-20-13(3)11-14(4)21-19/h7-11H,5-6,12H2,1-4H3,(H,23,24). The van der Waals surface area contributed by atoms with Crippen molar-refractivity contribution in [2.24, 2.45) is 5.10 Å². The van der Waals surface area contributed by atoms with Crippen molar-refractivity contribution in [3.8, 4) is 0 Å². The molecule has 0 saturated heterocycles. The number of amides is 1. The Labute approximate surface area is 153 Å². The van der Waals surface area contributed by atoms with E-state index in [1.54, 1.807) is 11.8 Å². The number of hydrazone groups is 1. The van der Waals surface area contributed by atoms with E-state index in [2.05, 4.69) is 20.5 Å². The predicted molar refractivity (Wildman–Crippen MR) is 103 cm³/mol. The highest BCUT2D eigenvalue weighted by Gasteiger charge is 2.06. The second-order valence-electron chi connectivity index (χ2n) is 5.74. The first kappa shape index (κ1) is 19.1. The molecule has 1 aromatic carbocycles. The average Bonchev–Trinajstić information content (AvgIpc) is 2.60. The highest BCUT2D eigenvalue weighted by molar-refractivity contribution is 7.98. The number of hydrogen-bond acceptors (Lipinski definition) is 5. The van der Waals surface area contributed by atoms with Crippen LogP contribution in [-0.2, 0) is 5.75 Å². The monoisotopic (exact) mass is 356 g/mol. The van der Waals surface area contributed by atoms with Gasteiger partial charge in [-0.1, -0.05) is 37.7 Å². The van der Waals surface area contributed by atoms with Gasteiger partial charge in [-0.25, -0.2) is 15.4 Å². The van der Waals surface area contributed by atoms with Gasteiger partial charge < -0.3 is 0 Å². The fraction of sp³-hybridized carbons (Fsp3) is 0.368. The van der Waals surface area contributed by atoms with E-state index in [0.29, 0.717) is 5.56 Å². The van der Waals surface area contributed by atoms with Gasteiger partial charge in [0.1, 0.15) is 0 Å². The van der Waals surface area contributed by atoms with E-state index >= 15 is 0 Å². The van der Waals surface area contributed by atoms with Gasteiger partial charge in [0.2, 0.25) is 0 Å². The fourth-order valence-electron chi connectivity index (χ4n) is 2.26. The van der Waals surface area contributed by atoms with Crippen LogP contribution < -0.4 is 5.43 Å². The van der Waals surface area contributed by atoms with Crippen LogP contribution in [0.15, 0.2) is 40.6 Å². The first-order valence-electron chi connectivity index (χ1n) is 8.41. The fourth-order valence-corrected chi connectivity index (χ4v) is 3.17. The van der Waals surface area contributed by atoms with Crippen molar-refractivity contribution in [2.45, 2.75) is 51.4 Å². The summed E-state index contributed by atoms with van der Waals surface area (Å²) >= 11 is 1.59. The maximum Gasteiger partial charge on any atom is 0.271 e. The topological polar surface area (TPSA) is 67.2 Å². The van der Waals surface area contributed by atoms with E-state index in [-0.39, 0.29) is 5.91 Å². The number of nitrogens with one attached hydrogen (secondary N) is 1. The summed E-state index contributed by atoms with van der Waals surface area (Å²) in [6.45, 7) is 8.00. The number of nitrogens with zero attached hydrogens (tertiary/aromatic N) is 3. The molecule has 0 spiro atoms. The third-order valence-corrected chi connectivity index (χ3v) is 4.60. The summed E-state index contributed by atoms with van der Waals surface area (Å²) < 4.78 is 0. The van der Waals surface area contributed by atoms with Crippen LogP contribution in [0.25, 0.3) is 0 Å². The molecule has 5 nitrogen and oxygen atoms in total. The largest absolute Gasteiger partial charge is 0.271 e. The summed E-state index contributed by atoms with van der Waals surface area (Å²) in [4.78, 5) is 21.0. The van der Waals surface area contributed by atoms with Gasteiger partial charge in [-0.15, -0.1) is 0 Å². The molecule has 2 aromatic rings. The van der Waals surface area contributed by atoms with Crippen LogP contribution in [0.1, 0.15) is 54.0 Å². The van der Waals surface area contributed by atoms with Gasteiger partial charge in [0.05, 0.1) is 0 Å². The SMILES string of the molecule is CCC(CC)=NNC(=O)c1ccc(CSc2nc(C)cc(C)n2)cc1. The molecule has 1 aromatic heterocycles. The zero-order chi connectivity index (χ0) is 18.2. The quantitative estimate of drug-likeness (QED) is 0.348. The number of thioether (sulfide) groups is 1. The van der Waals surface area contributed by atoms with E-state index in [4.69, 9.17) is 0 Å².